The summed E-state index contributed by atoms with van der Waals surface area (Å²) in [6, 6.07) is 0.546. The molecule has 0 amide bonds. The van der Waals surface area contributed by atoms with E-state index < -0.39 is 17.0 Å². The fourth-order valence-corrected chi connectivity index (χ4v) is 0.957. The molecule has 1 aliphatic carbocycles. The fraction of sp³-hybridized carbons (Fsp3) is 1.00. The molecule has 4 heteroatoms. The van der Waals surface area contributed by atoms with Crippen LogP contribution < -0.4 is 5.73 Å². The molecule has 0 unspecified atom stereocenters. The van der Waals surface area contributed by atoms with Gasteiger partial charge in [-0.1, -0.05) is 12.8 Å². The zero-order valence-corrected chi connectivity index (χ0v) is 8.31. The van der Waals surface area contributed by atoms with Gasteiger partial charge in [-0.2, -0.15) is 0 Å². The molecule has 0 bridgehead atoms. The molecule has 0 aromatic heterocycles. The van der Waals surface area contributed by atoms with E-state index in [0.717, 1.165) is 0 Å². The van der Waals surface area contributed by atoms with Gasteiger partial charge in [-0.25, -0.2) is 0 Å². The molecule has 1 nitrogen and oxygen atoms in total. The molecule has 0 aromatic carbocycles. The van der Waals surface area contributed by atoms with Crippen LogP contribution in [0.5, 0.6) is 0 Å². The molecule has 0 saturated heterocycles. The summed E-state index contributed by atoms with van der Waals surface area (Å²) in [5.74, 6) is 0. The Morgan fingerprint density at radius 1 is 1.22 bits per heavy atom. The first-order valence-corrected chi connectivity index (χ1v) is 7.32. The molecule has 0 aliphatic heterocycles. The minimum atomic E-state index is -0.556. The second-order valence-corrected chi connectivity index (χ2v) is 4.70. The van der Waals surface area contributed by atoms with Gasteiger partial charge in [0.25, 0.3) is 0 Å². The van der Waals surface area contributed by atoms with Crippen LogP contribution >= 0.6 is 18.6 Å². The van der Waals surface area contributed by atoms with Crippen LogP contribution in [0.2, 0.25) is 0 Å². The van der Waals surface area contributed by atoms with E-state index in [1.165, 1.54) is 25.7 Å². The van der Waals surface area contributed by atoms with Crippen molar-refractivity contribution in [3.8, 4) is 0 Å². The van der Waals surface area contributed by atoms with Gasteiger partial charge < -0.3 is 5.73 Å². The number of halogens is 2. The van der Waals surface area contributed by atoms with E-state index in [9.17, 15) is 0 Å². The third kappa shape index (κ3) is 7.15. The number of hydrogen-bond donors (Lipinski definition) is 1. The molecule has 9 heavy (non-hydrogen) atoms. The van der Waals surface area contributed by atoms with Gasteiger partial charge in [-0.3, -0.25) is 0 Å². The summed E-state index contributed by atoms with van der Waals surface area (Å²) in [6.45, 7) is 0. The Balaban J connectivity index is 0.000000187. The van der Waals surface area contributed by atoms with Crippen molar-refractivity contribution in [1.82, 2.24) is 0 Å². The Hall–Kier alpha value is 1.25. The van der Waals surface area contributed by atoms with Crippen LogP contribution in [0.15, 0.2) is 0 Å². The van der Waals surface area contributed by atoms with Gasteiger partial charge in [-0.05, 0) is 12.8 Å². The molecule has 0 radical (unpaired) electrons. The summed E-state index contributed by atoms with van der Waals surface area (Å²) >= 11 is -0.556. The average molecular weight is 204 g/mol. The second kappa shape index (κ2) is 7.36. The Kier molecular flexibility index (Phi) is 8.39. The normalized spacial score (nSPS) is 18.6. The van der Waals surface area contributed by atoms with Gasteiger partial charge >= 0.3 is 35.6 Å². The Morgan fingerprint density at radius 3 is 1.67 bits per heavy atom. The standard InChI is InChI=1S/C5H11N.2ClH.Ti/c6-5-3-1-2-4-5;;;/h5H,1-4,6H2;2*1H;/q;;;+2/p-2. The summed E-state index contributed by atoms with van der Waals surface area (Å²) < 4.78 is 0. The van der Waals surface area contributed by atoms with E-state index in [1.807, 2.05) is 0 Å². The van der Waals surface area contributed by atoms with Crippen molar-refractivity contribution in [2.24, 2.45) is 5.73 Å². The summed E-state index contributed by atoms with van der Waals surface area (Å²) in [5, 5.41) is 0. The average Bonchev–Trinajstić information content (AvgIpc) is 2.20. The van der Waals surface area contributed by atoms with Crippen molar-refractivity contribution in [2.45, 2.75) is 31.7 Å². The van der Waals surface area contributed by atoms with E-state index >= 15 is 0 Å². The Labute approximate surface area is 73.0 Å². The maximum absolute atomic E-state index is 5.53. The maximum atomic E-state index is 5.53. The molecule has 0 heterocycles. The van der Waals surface area contributed by atoms with Gasteiger partial charge in [0, 0.05) is 6.04 Å². The van der Waals surface area contributed by atoms with Gasteiger partial charge in [0.1, 0.15) is 0 Å². The number of hydrogen-bond acceptors (Lipinski definition) is 1. The van der Waals surface area contributed by atoms with Gasteiger partial charge in [0.15, 0.2) is 0 Å². The predicted octanol–water partition coefficient (Wildman–Crippen LogP) is 2.26. The summed E-state index contributed by atoms with van der Waals surface area (Å²) in [6.07, 6.45) is 5.25. The van der Waals surface area contributed by atoms with Gasteiger partial charge in [0.05, 0.1) is 0 Å². The van der Waals surface area contributed by atoms with Crippen molar-refractivity contribution in [3.63, 3.8) is 0 Å². The predicted molar refractivity (Wildman–Crippen MR) is 38.1 cm³/mol. The third-order valence-corrected chi connectivity index (χ3v) is 1.40. The van der Waals surface area contributed by atoms with Crippen molar-refractivity contribution in [1.29, 1.82) is 0 Å². The van der Waals surface area contributed by atoms with E-state index in [2.05, 4.69) is 0 Å². The Morgan fingerprint density at radius 2 is 1.56 bits per heavy atom. The van der Waals surface area contributed by atoms with Crippen molar-refractivity contribution >= 4 is 18.6 Å². The van der Waals surface area contributed by atoms with Crippen LogP contribution in [0, 0.1) is 0 Å². The van der Waals surface area contributed by atoms with Crippen molar-refractivity contribution in [3.05, 3.63) is 0 Å². The summed E-state index contributed by atoms with van der Waals surface area (Å²) in [7, 11) is 9.78. The molecule has 0 aromatic rings. The topological polar surface area (TPSA) is 26.0 Å². The summed E-state index contributed by atoms with van der Waals surface area (Å²) in [5.41, 5.74) is 5.53. The second-order valence-electron chi connectivity index (χ2n) is 2.12. The molecule has 1 aliphatic rings. The van der Waals surface area contributed by atoms with E-state index in [4.69, 9.17) is 24.3 Å². The number of rotatable bonds is 0. The van der Waals surface area contributed by atoms with Crippen molar-refractivity contribution < 1.29 is 17.0 Å². The molecular weight excluding hydrogens is 193 g/mol. The molecule has 0 atom stereocenters. The van der Waals surface area contributed by atoms with Crippen LogP contribution in [0.4, 0.5) is 0 Å². The van der Waals surface area contributed by atoms with Crippen LogP contribution in [0.1, 0.15) is 25.7 Å². The van der Waals surface area contributed by atoms with Crippen LogP contribution in [-0.4, -0.2) is 6.04 Å². The van der Waals surface area contributed by atoms with Crippen LogP contribution in [0.25, 0.3) is 0 Å². The molecule has 1 rings (SSSR count). The summed E-state index contributed by atoms with van der Waals surface area (Å²) in [4.78, 5) is 0. The fourth-order valence-electron chi connectivity index (χ4n) is 0.957. The molecule has 1 fully saturated rings. The van der Waals surface area contributed by atoms with Crippen LogP contribution in [0.3, 0.4) is 0 Å². The zero-order chi connectivity index (χ0) is 7.11. The van der Waals surface area contributed by atoms with E-state index in [-0.39, 0.29) is 0 Å². The number of nitrogens with two attached hydrogens (primary N) is 1. The van der Waals surface area contributed by atoms with Crippen molar-refractivity contribution in [2.75, 3.05) is 0 Å². The first-order chi connectivity index (χ1) is 4.31. The third-order valence-electron chi connectivity index (χ3n) is 1.40. The minimum absolute atomic E-state index is 0.546. The van der Waals surface area contributed by atoms with Gasteiger partial charge in [-0.15, -0.1) is 0 Å². The first-order valence-electron chi connectivity index (χ1n) is 3.03. The van der Waals surface area contributed by atoms with E-state index in [0.29, 0.717) is 6.04 Å². The molecular formula is C5H11Cl2NTi. The molecule has 0 spiro atoms. The molecule has 1 saturated carbocycles. The zero-order valence-electron chi connectivity index (χ0n) is 5.24. The quantitative estimate of drug-likeness (QED) is 0.601. The van der Waals surface area contributed by atoms with Gasteiger partial charge in [0.2, 0.25) is 0 Å². The van der Waals surface area contributed by atoms with Crippen LogP contribution in [-0.2, 0) is 17.0 Å². The first kappa shape index (κ1) is 10.3. The van der Waals surface area contributed by atoms with E-state index in [1.54, 1.807) is 0 Å². The monoisotopic (exact) mass is 203 g/mol. The molecule has 54 valence electrons. The SMILES string of the molecule is NC1CCCC1.[Cl][Ti][Cl]. The molecule has 2 N–H and O–H groups in total. The Bertz CT molecular complexity index is 56.9.